The molecular weight excluding hydrogens is 226 g/mol. The number of carbonyl (C=O) groups excluding carboxylic acids is 1. The third-order valence-corrected chi connectivity index (χ3v) is 3.86. The highest BCUT2D eigenvalue weighted by molar-refractivity contribution is 5.95. The molecule has 2 aliphatic heterocycles. The first kappa shape index (κ1) is 11.3. The van der Waals surface area contributed by atoms with Crippen molar-refractivity contribution in [3.63, 3.8) is 0 Å². The maximum Gasteiger partial charge on any atom is 0.254 e. The van der Waals surface area contributed by atoms with E-state index in [-0.39, 0.29) is 5.91 Å². The zero-order chi connectivity index (χ0) is 12.5. The van der Waals surface area contributed by atoms with E-state index in [1.807, 2.05) is 29.2 Å². The quantitative estimate of drug-likeness (QED) is 0.747. The lowest BCUT2D eigenvalue weighted by Gasteiger charge is -2.31. The number of methoxy groups -OCH3 is 1. The number of benzene rings is 1. The molecule has 1 saturated heterocycles. The van der Waals surface area contributed by atoms with Gasteiger partial charge in [-0.3, -0.25) is 4.79 Å². The van der Waals surface area contributed by atoms with Crippen LogP contribution in [0.3, 0.4) is 0 Å². The van der Waals surface area contributed by atoms with Gasteiger partial charge in [-0.2, -0.15) is 0 Å². The van der Waals surface area contributed by atoms with Crippen LogP contribution in [-0.2, 0) is 0 Å². The molecule has 0 N–H and O–H groups in total. The van der Waals surface area contributed by atoms with Crippen LogP contribution in [0.1, 0.15) is 29.6 Å². The molecule has 0 radical (unpaired) electrons. The standard InChI is InChI=1S/C15H17NO2/c1-18-14-7-2-4-11(10-14)15(17)16-12-5-3-6-13(16)9-8-12/h2-5,7,10,12-13H,6,8-9H2,1H3. The second-order valence-corrected chi connectivity index (χ2v) is 4.91. The Bertz CT molecular complexity index is 495. The number of nitrogens with zero attached hydrogens (tertiary/aromatic N) is 1. The first-order chi connectivity index (χ1) is 8.79. The van der Waals surface area contributed by atoms with E-state index in [0.29, 0.717) is 12.1 Å². The molecule has 3 heteroatoms. The highest BCUT2D eigenvalue weighted by Gasteiger charge is 2.37. The average Bonchev–Trinajstić information content (AvgIpc) is 2.67. The molecule has 94 valence electrons. The molecule has 2 heterocycles. The summed E-state index contributed by atoms with van der Waals surface area (Å²) in [5, 5.41) is 0. The summed E-state index contributed by atoms with van der Waals surface area (Å²) >= 11 is 0. The van der Waals surface area contributed by atoms with Crippen molar-refractivity contribution in [2.75, 3.05) is 7.11 Å². The van der Waals surface area contributed by atoms with E-state index >= 15 is 0 Å². The van der Waals surface area contributed by atoms with Crippen LogP contribution in [0.4, 0.5) is 0 Å². The molecular formula is C15H17NO2. The van der Waals surface area contributed by atoms with Gasteiger partial charge in [0, 0.05) is 11.6 Å². The highest BCUT2D eigenvalue weighted by atomic mass is 16.5. The van der Waals surface area contributed by atoms with Crippen molar-refractivity contribution in [3.05, 3.63) is 42.0 Å². The molecule has 3 nitrogen and oxygen atoms in total. The first-order valence-electron chi connectivity index (χ1n) is 6.43. The van der Waals surface area contributed by atoms with Crippen LogP contribution in [0.25, 0.3) is 0 Å². The third-order valence-electron chi connectivity index (χ3n) is 3.86. The Balaban J connectivity index is 1.88. The lowest BCUT2D eigenvalue weighted by Crippen LogP contribution is -2.42. The first-order valence-corrected chi connectivity index (χ1v) is 6.43. The maximum absolute atomic E-state index is 12.6. The van der Waals surface area contributed by atoms with Crippen molar-refractivity contribution in [2.24, 2.45) is 0 Å². The Kier molecular flexibility index (Phi) is 2.82. The van der Waals surface area contributed by atoms with E-state index in [1.165, 1.54) is 0 Å². The summed E-state index contributed by atoms with van der Waals surface area (Å²) in [5.41, 5.74) is 0.724. The van der Waals surface area contributed by atoms with E-state index in [2.05, 4.69) is 12.2 Å². The molecule has 1 fully saturated rings. The van der Waals surface area contributed by atoms with Gasteiger partial charge >= 0.3 is 0 Å². The number of ether oxygens (including phenoxy) is 1. The van der Waals surface area contributed by atoms with Crippen LogP contribution in [0.15, 0.2) is 36.4 Å². The van der Waals surface area contributed by atoms with Crippen molar-refractivity contribution in [1.29, 1.82) is 0 Å². The van der Waals surface area contributed by atoms with Gasteiger partial charge in [0.05, 0.1) is 13.2 Å². The Labute approximate surface area is 107 Å². The average molecular weight is 243 g/mol. The van der Waals surface area contributed by atoms with E-state index in [9.17, 15) is 4.79 Å². The molecule has 0 saturated carbocycles. The smallest absolute Gasteiger partial charge is 0.254 e. The zero-order valence-electron chi connectivity index (χ0n) is 10.5. The topological polar surface area (TPSA) is 29.5 Å². The van der Waals surface area contributed by atoms with Crippen LogP contribution in [-0.4, -0.2) is 30.0 Å². The molecule has 1 amide bonds. The molecule has 2 atom stereocenters. The number of hydrogen-bond acceptors (Lipinski definition) is 2. The Morgan fingerprint density at radius 2 is 2.28 bits per heavy atom. The number of fused-ring (bicyclic) bond motifs is 2. The van der Waals surface area contributed by atoms with E-state index < -0.39 is 0 Å². The van der Waals surface area contributed by atoms with Gasteiger partial charge in [-0.1, -0.05) is 18.2 Å². The number of rotatable bonds is 2. The van der Waals surface area contributed by atoms with Crippen LogP contribution in [0.2, 0.25) is 0 Å². The normalized spacial score (nSPS) is 25.3. The summed E-state index contributed by atoms with van der Waals surface area (Å²) < 4.78 is 5.18. The van der Waals surface area contributed by atoms with Gasteiger partial charge in [-0.05, 0) is 37.5 Å². The number of amides is 1. The van der Waals surface area contributed by atoms with Crippen LogP contribution in [0, 0.1) is 0 Å². The molecule has 0 aromatic heterocycles. The summed E-state index contributed by atoms with van der Waals surface area (Å²) in [6, 6.07) is 8.10. The van der Waals surface area contributed by atoms with Gasteiger partial charge in [-0.15, -0.1) is 0 Å². The van der Waals surface area contributed by atoms with Crippen molar-refractivity contribution in [1.82, 2.24) is 4.90 Å². The second kappa shape index (κ2) is 4.48. The predicted molar refractivity (Wildman–Crippen MR) is 69.7 cm³/mol. The fourth-order valence-electron chi connectivity index (χ4n) is 2.95. The monoisotopic (exact) mass is 243 g/mol. The van der Waals surface area contributed by atoms with E-state index in [1.54, 1.807) is 7.11 Å². The van der Waals surface area contributed by atoms with Crippen LogP contribution in [0.5, 0.6) is 5.75 Å². The Morgan fingerprint density at radius 3 is 3.06 bits per heavy atom. The molecule has 2 aliphatic rings. The molecule has 2 unspecified atom stereocenters. The second-order valence-electron chi connectivity index (χ2n) is 4.91. The van der Waals surface area contributed by atoms with Gasteiger partial charge in [0.15, 0.2) is 0 Å². The van der Waals surface area contributed by atoms with Gasteiger partial charge in [0.2, 0.25) is 0 Å². The summed E-state index contributed by atoms with van der Waals surface area (Å²) in [5.74, 6) is 0.867. The fourth-order valence-corrected chi connectivity index (χ4v) is 2.95. The SMILES string of the molecule is COc1cccc(C(=O)N2C3C=CCC2CC3)c1. The van der Waals surface area contributed by atoms with Gasteiger partial charge in [0.1, 0.15) is 5.75 Å². The Morgan fingerprint density at radius 1 is 1.39 bits per heavy atom. The molecule has 2 bridgehead atoms. The summed E-state index contributed by atoms with van der Waals surface area (Å²) in [6.07, 6.45) is 7.58. The van der Waals surface area contributed by atoms with Crippen molar-refractivity contribution in [2.45, 2.75) is 31.3 Å². The molecule has 18 heavy (non-hydrogen) atoms. The van der Waals surface area contributed by atoms with E-state index in [0.717, 1.165) is 30.6 Å². The maximum atomic E-state index is 12.6. The number of hydrogen-bond donors (Lipinski definition) is 0. The molecule has 1 aromatic carbocycles. The van der Waals surface area contributed by atoms with E-state index in [4.69, 9.17) is 4.74 Å². The predicted octanol–water partition coefficient (Wildman–Crippen LogP) is 2.63. The lowest BCUT2D eigenvalue weighted by molar-refractivity contribution is 0.0688. The van der Waals surface area contributed by atoms with Gasteiger partial charge < -0.3 is 9.64 Å². The Hall–Kier alpha value is -1.77. The molecule has 0 aliphatic carbocycles. The number of carbonyl (C=O) groups is 1. The van der Waals surface area contributed by atoms with Gasteiger partial charge in [-0.25, -0.2) is 0 Å². The van der Waals surface area contributed by atoms with Crippen molar-refractivity contribution < 1.29 is 9.53 Å². The summed E-state index contributed by atoms with van der Waals surface area (Å²) in [7, 11) is 1.62. The molecule has 0 spiro atoms. The fraction of sp³-hybridized carbons (Fsp3) is 0.400. The minimum Gasteiger partial charge on any atom is -0.497 e. The third kappa shape index (κ3) is 1.80. The minimum absolute atomic E-state index is 0.130. The summed E-state index contributed by atoms with van der Waals surface area (Å²) in [6.45, 7) is 0. The summed E-state index contributed by atoms with van der Waals surface area (Å²) in [4.78, 5) is 14.6. The lowest BCUT2D eigenvalue weighted by atomic mass is 10.1. The van der Waals surface area contributed by atoms with Crippen LogP contribution < -0.4 is 4.74 Å². The van der Waals surface area contributed by atoms with Crippen molar-refractivity contribution >= 4 is 5.91 Å². The molecule has 1 aromatic rings. The van der Waals surface area contributed by atoms with Gasteiger partial charge in [0.25, 0.3) is 5.91 Å². The largest absolute Gasteiger partial charge is 0.497 e. The molecule has 3 rings (SSSR count). The zero-order valence-corrected chi connectivity index (χ0v) is 10.5. The van der Waals surface area contributed by atoms with Crippen LogP contribution >= 0.6 is 0 Å². The minimum atomic E-state index is 0.130. The van der Waals surface area contributed by atoms with Crippen molar-refractivity contribution in [3.8, 4) is 5.75 Å². The highest BCUT2D eigenvalue weighted by Crippen LogP contribution is 2.33.